The predicted octanol–water partition coefficient (Wildman–Crippen LogP) is 6.02. The second-order valence-corrected chi connectivity index (χ2v) is 7.55. The van der Waals surface area contributed by atoms with Crippen molar-refractivity contribution in [3.05, 3.63) is 72.6 Å². The number of nitrogens with zero attached hydrogens (tertiary/aromatic N) is 2. The molecule has 2 heterocycles. The van der Waals surface area contributed by atoms with Gasteiger partial charge >= 0.3 is 0 Å². The number of methoxy groups -OCH3 is 4. The predicted molar refractivity (Wildman–Crippen MR) is 135 cm³/mol. The van der Waals surface area contributed by atoms with Crippen molar-refractivity contribution in [1.29, 1.82) is 0 Å². The van der Waals surface area contributed by atoms with Crippen molar-refractivity contribution in [3.8, 4) is 45.8 Å². The molecule has 8 nitrogen and oxygen atoms in total. The molecule has 1 N–H and O–H groups in total. The van der Waals surface area contributed by atoms with Crippen molar-refractivity contribution in [2.45, 2.75) is 6.92 Å². The second-order valence-electron chi connectivity index (χ2n) is 7.55. The lowest BCUT2D eigenvalue weighted by atomic mass is 10.1. The number of ether oxygens (including phenoxy) is 5. The number of pyridine rings is 2. The number of hydrogen-bond acceptors (Lipinski definition) is 8. The highest BCUT2D eigenvalue weighted by Crippen LogP contribution is 2.41. The minimum absolute atomic E-state index is 0.517. The summed E-state index contributed by atoms with van der Waals surface area (Å²) < 4.78 is 27.8. The molecule has 0 aliphatic heterocycles. The highest BCUT2D eigenvalue weighted by Gasteiger charge is 2.14. The molecule has 0 saturated carbocycles. The second kappa shape index (κ2) is 10.6. The lowest BCUT2D eigenvalue weighted by Gasteiger charge is -2.15. The number of aryl methyl sites for hydroxylation is 1. The normalized spacial score (nSPS) is 10.4. The van der Waals surface area contributed by atoms with Gasteiger partial charge in [-0.05, 0) is 49.4 Å². The third-order valence-corrected chi connectivity index (χ3v) is 5.26. The van der Waals surface area contributed by atoms with E-state index in [2.05, 4.69) is 10.3 Å². The number of anilines is 2. The SMILES string of the molecule is COc1ccc(-c2nc(C)ccc2Oc2ccnc(Nc3cc(OC)c(OC)c(OC)c3)c2)cc1. The number of aromatic nitrogens is 2. The fourth-order valence-electron chi connectivity index (χ4n) is 3.55. The molecular formula is C27H27N3O5. The molecule has 8 heteroatoms. The van der Waals surface area contributed by atoms with Crippen LogP contribution < -0.4 is 29.0 Å². The molecule has 4 rings (SSSR count). The minimum atomic E-state index is 0.517. The molecule has 0 aliphatic carbocycles. The smallest absolute Gasteiger partial charge is 0.203 e. The fourth-order valence-corrected chi connectivity index (χ4v) is 3.55. The summed E-state index contributed by atoms with van der Waals surface area (Å²) in [6.07, 6.45) is 1.67. The molecule has 0 bridgehead atoms. The topological polar surface area (TPSA) is 84.0 Å². The van der Waals surface area contributed by atoms with E-state index in [1.807, 2.05) is 55.5 Å². The van der Waals surface area contributed by atoms with Gasteiger partial charge in [0.1, 0.15) is 23.0 Å². The summed E-state index contributed by atoms with van der Waals surface area (Å²) in [5.41, 5.74) is 3.28. The molecule has 2 aromatic heterocycles. The Balaban J connectivity index is 1.61. The Morgan fingerprint density at radius 1 is 0.686 bits per heavy atom. The molecule has 0 aliphatic rings. The van der Waals surface area contributed by atoms with Gasteiger partial charge in [-0.3, -0.25) is 0 Å². The van der Waals surface area contributed by atoms with Crippen molar-refractivity contribution < 1.29 is 23.7 Å². The van der Waals surface area contributed by atoms with Gasteiger partial charge < -0.3 is 29.0 Å². The first-order valence-electron chi connectivity index (χ1n) is 10.9. The minimum Gasteiger partial charge on any atom is -0.497 e. The summed E-state index contributed by atoms with van der Waals surface area (Å²) in [4.78, 5) is 9.11. The van der Waals surface area contributed by atoms with E-state index in [0.29, 0.717) is 34.6 Å². The Morgan fingerprint density at radius 3 is 2.03 bits per heavy atom. The van der Waals surface area contributed by atoms with E-state index in [1.54, 1.807) is 46.8 Å². The van der Waals surface area contributed by atoms with Crippen molar-refractivity contribution in [2.24, 2.45) is 0 Å². The zero-order valence-electron chi connectivity index (χ0n) is 20.3. The highest BCUT2D eigenvalue weighted by molar-refractivity contribution is 5.69. The monoisotopic (exact) mass is 473 g/mol. The van der Waals surface area contributed by atoms with Gasteiger partial charge in [-0.2, -0.15) is 0 Å². The number of nitrogens with one attached hydrogen (secondary N) is 1. The van der Waals surface area contributed by atoms with E-state index in [1.165, 1.54) is 0 Å². The van der Waals surface area contributed by atoms with Gasteiger partial charge in [0.15, 0.2) is 17.2 Å². The summed E-state index contributed by atoms with van der Waals surface area (Å²) >= 11 is 0. The van der Waals surface area contributed by atoms with Crippen LogP contribution in [0.3, 0.4) is 0 Å². The number of benzene rings is 2. The summed E-state index contributed by atoms with van der Waals surface area (Å²) in [5.74, 6) is 4.20. The maximum Gasteiger partial charge on any atom is 0.203 e. The van der Waals surface area contributed by atoms with Crippen LogP contribution in [0.25, 0.3) is 11.3 Å². The first-order chi connectivity index (χ1) is 17.0. The first kappa shape index (κ1) is 23.7. The Labute approximate surface area is 204 Å². The first-order valence-corrected chi connectivity index (χ1v) is 10.9. The third kappa shape index (κ3) is 5.38. The van der Waals surface area contributed by atoms with Gasteiger partial charge in [-0.1, -0.05) is 0 Å². The summed E-state index contributed by atoms with van der Waals surface area (Å²) in [6, 6.07) is 18.7. The molecule has 0 fully saturated rings. The standard InChI is InChI=1S/C27H27N3O5/c1-17-6-11-22(26(29-17)18-7-9-20(31-2)10-8-18)35-21-12-13-28-25(16-21)30-19-14-23(32-3)27(34-5)24(15-19)33-4/h6-16H,1-5H3,(H,28,30). The van der Waals surface area contributed by atoms with Gasteiger partial charge in [-0.15, -0.1) is 0 Å². The molecule has 4 aromatic rings. The summed E-state index contributed by atoms with van der Waals surface area (Å²) in [7, 11) is 6.35. The Hall–Kier alpha value is -4.46. The van der Waals surface area contributed by atoms with Crippen molar-refractivity contribution in [1.82, 2.24) is 9.97 Å². The van der Waals surface area contributed by atoms with Crippen LogP contribution >= 0.6 is 0 Å². The lowest BCUT2D eigenvalue weighted by molar-refractivity contribution is 0.324. The van der Waals surface area contributed by atoms with Crippen LogP contribution in [0.4, 0.5) is 11.5 Å². The van der Waals surface area contributed by atoms with Crippen molar-refractivity contribution >= 4 is 11.5 Å². The van der Waals surface area contributed by atoms with E-state index < -0.39 is 0 Å². The van der Waals surface area contributed by atoms with Gasteiger partial charge in [0.25, 0.3) is 0 Å². The fraction of sp³-hybridized carbons (Fsp3) is 0.185. The van der Waals surface area contributed by atoms with Gasteiger partial charge in [0, 0.05) is 41.3 Å². The number of hydrogen-bond donors (Lipinski definition) is 1. The van der Waals surface area contributed by atoms with Crippen LogP contribution in [0, 0.1) is 6.92 Å². The lowest BCUT2D eigenvalue weighted by Crippen LogP contribution is -1.99. The molecule has 35 heavy (non-hydrogen) atoms. The molecule has 0 atom stereocenters. The van der Waals surface area contributed by atoms with E-state index in [9.17, 15) is 0 Å². The molecule has 0 amide bonds. The van der Waals surface area contributed by atoms with Gasteiger partial charge in [0.05, 0.1) is 28.4 Å². The molecule has 0 spiro atoms. The molecule has 0 saturated heterocycles. The molecular weight excluding hydrogens is 446 g/mol. The van der Waals surface area contributed by atoms with E-state index in [0.717, 1.165) is 28.4 Å². The van der Waals surface area contributed by atoms with Crippen LogP contribution in [0.2, 0.25) is 0 Å². The number of rotatable bonds is 9. The van der Waals surface area contributed by atoms with Crippen LogP contribution in [0.15, 0.2) is 66.9 Å². The zero-order valence-corrected chi connectivity index (χ0v) is 20.3. The van der Waals surface area contributed by atoms with Crippen LogP contribution in [-0.4, -0.2) is 38.4 Å². The van der Waals surface area contributed by atoms with Gasteiger partial charge in [0.2, 0.25) is 5.75 Å². The Kier molecular flexibility index (Phi) is 7.21. The average Bonchev–Trinajstić information content (AvgIpc) is 2.89. The average molecular weight is 474 g/mol. The maximum atomic E-state index is 6.24. The van der Waals surface area contributed by atoms with E-state index >= 15 is 0 Å². The Bertz CT molecular complexity index is 1280. The van der Waals surface area contributed by atoms with Crippen LogP contribution in [0.1, 0.15) is 5.69 Å². The molecule has 2 aromatic carbocycles. The zero-order chi connectivity index (χ0) is 24.8. The van der Waals surface area contributed by atoms with Gasteiger partial charge in [-0.25, -0.2) is 9.97 Å². The van der Waals surface area contributed by atoms with E-state index in [4.69, 9.17) is 28.7 Å². The summed E-state index contributed by atoms with van der Waals surface area (Å²) in [6.45, 7) is 1.95. The summed E-state index contributed by atoms with van der Waals surface area (Å²) in [5, 5.41) is 3.26. The van der Waals surface area contributed by atoms with Crippen molar-refractivity contribution in [2.75, 3.05) is 33.8 Å². The van der Waals surface area contributed by atoms with E-state index in [-0.39, 0.29) is 0 Å². The largest absolute Gasteiger partial charge is 0.497 e. The van der Waals surface area contributed by atoms with Crippen LogP contribution in [-0.2, 0) is 0 Å². The third-order valence-electron chi connectivity index (χ3n) is 5.26. The maximum absolute atomic E-state index is 6.24. The quantitative estimate of drug-likeness (QED) is 0.316. The van der Waals surface area contributed by atoms with Crippen molar-refractivity contribution in [3.63, 3.8) is 0 Å². The Morgan fingerprint density at radius 2 is 1.40 bits per heavy atom. The molecule has 0 unspecified atom stereocenters. The van der Waals surface area contributed by atoms with Crippen LogP contribution in [0.5, 0.6) is 34.5 Å². The molecule has 180 valence electrons. The molecule has 0 radical (unpaired) electrons. The highest BCUT2D eigenvalue weighted by atomic mass is 16.5.